The maximum absolute atomic E-state index is 13.4. The smallest absolute Gasteiger partial charge is 0.311 e. The quantitative estimate of drug-likeness (QED) is 0.373. The number of tetrazole rings is 1. The fourth-order valence-electron chi connectivity index (χ4n) is 2.09. The average Bonchev–Trinajstić information content (AvgIpc) is 3.15. The van der Waals surface area contributed by atoms with Gasteiger partial charge in [-0.2, -0.15) is 0 Å². The largest absolute Gasteiger partial charge is 0.491 e. The van der Waals surface area contributed by atoms with Gasteiger partial charge in [-0.3, -0.25) is 4.79 Å². The third kappa shape index (κ3) is 4.60. The van der Waals surface area contributed by atoms with E-state index in [9.17, 15) is 9.18 Å². The number of ether oxygens (including phenoxy) is 2. The van der Waals surface area contributed by atoms with Gasteiger partial charge >= 0.3 is 5.97 Å². The van der Waals surface area contributed by atoms with E-state index >= 15 is 0 Å². The average molecular weight is 342 g/mol. The van der Waals surface area contributed by atoms with Gasteiger partial charge in [-0.15, -0.1) is 5.10 Å². The Labute approximate surface area is 143 Å². The number of benzene rings is 2. The lowest BCUT2D eigenvalue weighted by Gasteiger charge is -2.07. The van der Waals surface area contributed by atoms with E-state index in [4.69, 9.17) is 9.47 Å². The molecule has 0 aliphatic heterocycles. The summed E-state index contributed by atoms with van der Waals surface area (Å²) in [6, 6.07) is 12.9. The lowest BCUT2D eigenvalue weighted by atomic mass is 10.3. The van der Waals surface area contributed by atoms with E-state index in [-0.39, 0.29) is 24.7 Å². The van der Waals surface area contributed by atoms with Gasteiger partial charge in [0.2, 0.25) is 0 Å². The number of carbonyl (C=O) groups is 1. The second-order valence-corrected chi connectivity index (χ2v) is 5.10. The lowest BCUT2D eigenvalue weighted by Crippen LogP contribution is -2.10. The number of esters is 1. The minimum absolute atomic E-state index is 0.170. The van der Waals surface area contributed by atoms with E-state index in [2.05, 4.69) is 15.5 Å². The van der Waals surface area contributed by atoms with E-state index in [1.807, 2.05) is 0 Å². The van der Waals surface area contributed by atoms with Crippen molar-refractivity contribution < 1.29 is 18.7 Å². The molecule has 0 atom stereocenters. The maximum atomic E-state index is 13.4. The number of hydrogen-bond donors (Lipinski definition) is 0. The molecule has 0 amide bonds. The predicted octanol–water partition coefficient (Wildman–Crippen LogP) is 2.57. The van der Waals surface area contributed by atoms with E-state index < -0.39 is 5.82 Å². The number of halogens is 1. The first-order valence-corrected chi connectivity index (χ1v) is 7.64. The maximum Gasteiger partial charge on any atom is 0.311 e. The molecule has 0 aliphatic carbocycles. The van der Waals surface area contributed by atoms with Crippen molar-refractivity contribution in [2.24, 2.45) is 0 Å². The topological polar surface area (TPSA) is 79.1 Å². The van der Waals surface area contributed by atoms with E-state index in [0.717, 1.165) is 5.69 Å². The van der Waals surface area contributed by atoms with Crippen molar-refractivity contribution in [3.05, 3.63) is 60.7 Å². The first-order chi connectivity index (χ1) is 12.2. The van der Waals surface area contributed by atoms with Crippen LogP contribution in [0.2, 0.25) is 0 Å². The van der Waals surface area contributed by atoms with E-state index in [1.165, 1.54) is 17.1 Å². The van der Waals surface area contributed by atoms with Crippen LogP contribution in [0.3, 0.4) is 0 Å². The zero-order valence-electron chi connectivity index (χ0n) is 13.2. The number of para-hydroxylation sites is 1. The van der Waals surface area contributed by atoms with Gasteiger partial charge < -0.3 is 9.47 Å². The van der Waals surface area contributed by atoms with Crippen LogP contribution in [0.15, 0.2) is 54.9 Å². The second kappa shape index (κ2) is 8.00. The number of hydrogen-bond acceptors (Lipinski definition) is 6. The molecule has 0 radical (unpaired) electrons. The summed E-state index contributed by atoms with van der Waals surface area (Å²) in [4.78, 5) is 11.8. The molecule has 128 valence electrons. The molecule has 3 aromatic rings. The Morgan fingerprint density at radius 1 is 1.12 bits per heavy atom. The molecule has 0 saturated carbocycles. The number of carbonyl (C=O) groups excluding carboxylic acids is 1. The minimum atomic E-state index is -0.423. The highest BCUT2D eigenvalue weighted by atomic mass is 19.1. The molecule has 0 N–H and O–H groups in total. The van der Waals surface area contributed by atoms with Crippen molar-refractivity contribution in [3.63, 3.8) is 0 Å². The summed E-state index contributed by atoms with van der Waals surface area (Å²) < 4.78 is 25.4. The van der Waals surface area contributed by atoms with Gasteiger partial charge in [-0.05, 0) is 53.2 Å². The summed E-state index contributed by atoms with van der Waals surface area (Å²) in [7, 11) is 0. The lowest BCUT2D eigenvalue weighted by molar-refractivity contribution is -0.134. The second-order valence-electron chi connectivity index (χ2n) is 5.10. The van der Waals surface area contributed by atoms with Crippen LogP contribution in [0.5, 0.6) is 11.5 Å². The van der Waals surface area contributed by atoms with Gasteiger partial charge in [-0.1, -0.05) is 12.1 Å². The molecule has 0 aliphatic rings. The summed E-state index contributed by atoms with van der Waals surface area (Å²) in [5.41, 5.74) is 0.753. The van der Waals surface area contributed by atoms with Crippen LogP contribution in [0.4, 0.5) is 4.39 Å². The summed E-state index contributed by atoms with van der Waals surface area (Å²) >= 11 is 0. The summed E-state index contributed by atoms with van der Waals surface area (Å²) in [6.45, 7) is 0.230. The van der Waals surface area contributed by atoms with Gasteiger partial charge in [0.05, 0.1) is 12.3 Å². The van der Waals surface area contributed by atoms with Crippen LogP contribution in [-0.2, 0) is 4.79 Å². The monoisotopic (exact) mass is 342 g/mol. The van der Waals surface area contributed by atoms with Gasteiger partial charge in [0.1, 0.15) is 12.1 Å². The molecule has 25 heavy (non-hydrogen) atoms. The number of nitrogens with zero attached hydrogens (tertiary/aromatic N) is 4. The highest BCUT2D eigenvalue weighted by molar-refractivity contribution is 5.72. The van der Waals surface area contributed by atoms with Crippen molar-refractivity contribution in [2.75, 3.05) is 6.61 Å². The molecular formula is C17H15FN4O3. The van der Waals surface area contributed by atoms with Crippen molar-refractivity contribution in [2.45, 2.75) is 12.8 Å². The highest BCUT2D eigenvalue weighted by Crippen LogP contribution is 2.17. The Balaban J connectivity index is 1.42. The Morgan fingerprint density at radius 3 is 2.64 bits per heavy atom. The van der Waals surface area contributed by atoms with Gasteiger partial charge in [0, 0.05) is 6.42 Å². The normalized spacial score (nSPS) is 10.4. The van der Waals surface area contributed by atoms with Crippen LogP contribution in [0.1, 0.15) is 12.8 Å². The molecule has 0 unspecified atom stereocenters. The fourth-order valence-corrected chi connectivity index (χ4v) is 2.09. The van der Waals surface area contributed by atoms with Gasteiger partial charge in [0.25, 0.3) is 0 Å². The third-order valence-corrected chi connectivity index (χ3v) is 3.30. The Bertz CT molecular complexity index is 822. The Hall–Kier alpha value is -3.29. The zero-order chi connectivity index (χ0) is 17.5. The molecule has 1 aromatic heterocycles. The van der Waals surface area contributed by atoms with Crippen molar-refractivity contribution in [1.29, 1.82) is 0 Å². The molecule has 0 spiro atoms. The van der Waals surface area contributed by atoms with Crippen molar-refractivity contribution in [1.82, 2.24) is 20.2 Å². The zero-order valence-corrected chi connectivity index (χ0v) is 13.2. The molecule has 8 heteroatoms. The predicted molar refractivity (Wildman–Crippen MR) is 85.9 cm³/mol. The Morgan fingerprint density at radius 2 is 1.92 bits per heavy atom. The van der Waals surface area contributed by atoms with Gasteiger partial charge in [0.15, 0.2) is 11.6 Å². The standard InChI is InChI=1S/C17H15FN4O3/c18-15-4-1-2-5-16(15)24-11-3-6-17(23)25-14-9-7-13(8-10-14)22-12-19-20-21-22/h1-2,4-5,7-10,12H,3,6,11H2. The SMILES string of the molecule is O=C(CCCOc1ccccc1F)Oc1ccc(-n2cnnn2)cc1. The summed E-state index contributed by atoms with van der Waals surface area (Å²) in [6.07, 6.45) is 2.07. The molecular weight excluding hydrogens is 327 g/mol. The van der Waals surface area contributed by atoms with Crippen LogP contribution in [0, 0.1) is 5.82 Å². The highest BCUT2D eigenvalue weighted by Gasteiger charge is 2.07. The first-order valence-electron chi connectivity index (χ1n) is 7.64. The molecule has 3 rings (SSSR count). The van der Waals surface area contributed by atoms with E-state index in [1.54, 1.807) is 42.5 Å². The van der Waals surface area contributed by atoms with Crippen molar-refractivity contribution in [3.8, 4) is 17.2 Å². The Kier molecular flexibility index (Phi) is 5.30. The summed E-state index contributed by atoms with van der Waals surface area (Å²) in [5.74, 6) is -0.203. The summed E-state index contributed by atoms with van der Waals surface area (Å²) in [5, 5.41) is 10.9. The van der Waals surface area contributed by atoms with Crippen LogP contribution >= 0.6 is 0 Å². The van der Waals surface area contributed by atoms with E-state index in [0.29, 0.717) is 12.2 Å². The molecule has 0 bridgehead atoms. The fraction of sp³-hybridized carbons (Fsp3) is 0.176. The van der Waals surface area contributed by atoms with Crippen LogP contribution in [-0.4, -0.2) is 32.8 Å². The molecule has 7 nitrogen and oxygen atoms in total. The molecule has 0 saturated heterocycles. The van der Waals surface area contributed by atoms with Crippen LogP contribution < -0.4 is 9.47 Å². The number of rotatable bonds is 7. The number of aromatic nitrogens is 4. The first kappa shape index (κ1) is 16.6. The molecule has 2 aromatic carbocycles. The minimum Gasteiger partial charge on any atom is -0.491 e. The van der Waals surface area contributed by atoms with Gasteiger partial charge in [-0.25, -0.2) is 9.07 Å². The van der Waals surface area contributed by atoms with Crippen molar-refractivity contribution >= 4 is 5.97 Å². The molecule has 0 fully saturated rings. The molecule has 1 heterocycles. The third-order valence-electron chi connectivity index (χ3n) is 3.30. The van der Waals surface area contributed by atoms with Crippen LogP contribution in [0.25, 0.3) is 5.69 Å².